The van der Waals surface area contributed by atoms with Gasteiger partial charge in [0.1, 0.15) is 0 Å². The minimum atomic E-state index is 0.210. The summed E-state index contributed by atoms with van der Waals surface area (Å²) in [5.74, 6) is 0.578. The van der Waals surface area contributed by atoms with Crippen LogP contribution in [0.5, 0.6) is 0 Å². The van der Waals surface area contributed by atoms with Gasteiger partial charge in [-0.15, -0.1) is 0 Å². The zero-order valence-electron chi connectivity index (χ0n) is 10.7. The van der Waals surface area contributed by atoms with Crippen LogP contribution in [0.25, 0.3) is 0 Å². The van der Waals surface area contributed by atoms with Gasteiger partial charge >= 0.3 is 0 Å². The van der Waals surface area contributed by atoms with Crippen LogP contribution >= 0.6 is 0 Å². The fourth-order valence-electron chi connectivity index (χ4n) is 3.09. The zero-order chi connectivity index (χ0) is 11.5. The smallest absolute Gasteiger partial charge is 0.0856 e. The minimum Gasteiger partial charge on any atom is -0.374 e. The molecule has 0 spiro atoms. The Morgan fingerprint density at radius 2 is 2.31 bits per heavy atom. The molecule has 94 valence electrons. The summed E-state index contributed by atoms with van der Waals surface area (Å²) in [5, 5.41) is 0. The number of ether oxygens (including phenoxy) is 1. The number of nitrogens with two attached hydrogens (primary N) is 1. The van der Waals surface area contributed by atoms with Crippen LogP contribution in [0.4, 0.5) is 0 Å². The largest absolute Gasteiger partial charge is 0.374 e. The standard InChI is InChI=1S/C13H26N2O/c1-3-5-10(2)13(14)12-8-15-7-4-6-11(15)9-16-12/h10-13H,3-9,14H2,1-2H3. The van der Waals surface area contributed by atoms with Gasteiger partial charge in [-0.1, -0.05) is 20.3 Å². The molecule has 3 heteroatoms. The highest BCUT2D eigenvalue weighted by atomic mass is 16.5. The van der Waals surface area contributed by atoms with E-state index in [1.807, 2.05) is 0 Å². The summed E-state index contributed by atoms with van der Waals surface area (Å²) < 4.78 is 5.95. The topological polar surface area (TPSA) is 38.5 Å². The molecule has 4 atom stereocenters. The highest BCUT2D eigenvalue weighted by molar-refractivity contribution is 4.90. The Hall–Kier alpha value is -0.120. The number of hydrogen-bond acceptors (Lipinski definition) is 3. The maximum atomic E-state index is 6.31. The summed E-state index contributed by atoms with van der Waals surface area (Å²) in [6.07, 6.45) is 5.33. The molecule has 2 fully saturated rings. The summed E-state index contributed by atoms with van der Waals surface area (Å²) >= 11 is 0. The Labute approximate surface area is 99.3 Å². The van der Waals surface area contributed by atoms with E-state index in [0.29, 0.717) is 12.0 Å². The molecule has 0 saturated carbocycles. The lowest BCUT2D eigenvalue weighted by atomic mass is 9.92. The Morgan fingerprint density at radius 1 is 1.50 bits per heavy atom. The van der Waals surface area contributed by atoms with Crippen molar-refractivity contribution >= 4 is 0 Å². The highest BCUT2D eigenvalue weighted by Crippen LogP contribution is 2.25. The second-order valence-electron chi connectivity index (χ2n) is 5.51. The van der Waals surface area contributed by atoms with E-state index in [4.69, 9.17) is 10.5 Å². The molecule has 0 aromatic rings. The lowest BCUT2D eigenvalue weighted by molar-refractivity contribution is -0.0664. The molecule has 2 heterocycles. The fourth-order valence-corrected chi connectivity index (χ4v) is 3.09. The average Bonchev–Trinajstić information content (AvgIpc) is 2.75. The van der Waals surface area contributed by atoms with Crippen molar-refractivity contribution in [1.29, 1.82) is 0 Å². The molecule has 2 aliphatic heterocycles. The van der Waals surface area contributed by atoms with Gasteiger partial charge in [-0.3, -0.25) is 4.90 Å². The van der Waals surface area contributed by atoms with E-state index >= 15 is 0 Å². The quantitative estimate of drug-likeness (QED) is 0.791. The highest BCUT2D eigenvalue weighted by Gasteiger charge is 2.35. The molecule has 0 aromatic carbocycles. The van der Waals surface area contributed by atoms with Gasteiger partial charge < -0.3 is 10.5 Å². The third kappa shape index (κ3) is 2.58. The molecule has 3 nitrogen and oxygen atoms in total. The first-order valence-corrected chi connectivity index (χ1v) is 6.83. The first kappa shape index (κ1) is 12.3. The maximum absolute atomic E-state index is 6.31. The normalized spacial score (nSPS) is 34.7. The van der Waals surface area contributed by atoms with Gasteiger partial charge in [0.05, 0.1) is 12.7 Å². The summed E-state index contributed by atoms with van der Waals surface area (Å²) in [7, 11) is 0. The maximum Gasteiger partial charge on any atom is 0.0856 e. The third-order valence-corrected chi connectivity index (χ3v) is 4.25. The number of fused-ring (bicyclic) bond motifs is 1. The molecule has 0 amide bonds. The molecule has 0 bridgehead atoms. The lowest BCUT2D eigenvalue weighted by Gasteiger charge is -2.39. The summed E-state index contributed by atoms with van der Waals surface area (Å²) in [6.45, 7) is 7.69. The fraction of sp³-hybridized carbons (Fsp3) is 1.00. The molecule has 0 aliphatic carbocycles. The third-order valence-electron chi connectivity index (χ3n) is 4.25. The van der Waals surface area contributed by atoms with Crippen molar-refractivity contribution < 1.29 is 4.74 Å². The Morgan fingerprint density at radius 3 is 3.06 bits per heavy atom. The van der Waals surface area contributed by atoms with Gasteiger partial charge in [-0.2, -0.15) is 0 Å². The molecule has 2 saturated heterocycles. The van der Waals surface area contributed by atoms with E-state index < -0.39 is 0 Å². The molecule has 2 N–H and O–H groups in total. The van der Waals surface area contributed by atoms with Gasteiger partial charge in [0.15, 0.2) is 0 Å². The number of nitrogens with zero attached hydrogens (tertiary/aromatic N) is 1. The number of morpholine rings is 1. The summed E-state index contributed by atoms with van der Waals surface area (Å²) in [4.78, 5) is 2.58. The van der Waals surface area contributed by atoms with E-state index in [1.165, 1.54) is 32.2 Å². The predicted octanol–water partition coefficient (Wildman–Crippen LogP) is 1.61. The van der Waals surface area contributed by atoms with Gasteiger partial charge in [-0.25, -0.2) is 0 Å². The van der Waals surface area contributed by atoms with Crippen molar-refractivity contribution in [2.75, 3.05) is 19.7 Å². The van der Waals surface area contributed by atoms with Gasteiger partial charge in [-0.05, 0) is 31.7 Å². The van der Waals surface area contributed by atoms with E-state index in [0.717, 1.165) is 13.2 Å². The van der Waals surface area contributed by atoms with Crippen LogP contribution in [0.3, 0.4) is 0 Å². The second-order valence-corrected chi connectivity index (χ2v) is 5.51. The van der Waals surface area contributed by atoms with Crippen LogP contribution < -0.4 is 5.73 Å². The molecular weight excluding hydrogens is 200 g/mol. The van der Waals surface area contributed by atoms with E-state index in [2.05, 4.69) is 18.7 Å². The van der Waals surface area contributed by atoms with Gasteiger partial charge in [0, 0.05) is 18.6 Å². The molecule has 2 aliphatic rings. The van der Waals surface area contributed by atoms with Crippen LogP contribution in [-0.2, 0) is 4.74 Å². The van der Waals surface area contributed by atoms with Gasteiger partial charge in [0.25, 0.3) is 0 Å². The molecule has 16 heavy (non-hydrogen) atoms. The molecular formula is C13H26N2O. The SMILES string of the molecule is CCCC(C)C(N)C1CN2CCCC2CO1. The minimum absolute atomic E-state index is 0.210. The predicted molar refractivity (Wildman–Crippen MR) is 66.4 cm³/mol. The van der Waals surface area contributed by atoms with E-state index in [1.54, 1.807) is 0 Å². The number of hydrogen-bond donors (Lipinski definition) is 1. The molecule has 2 rings (SSSR count). The molecule has 4 unspecified atom stereocenters. The Balaban J connectivity index is 1.85. The Bertz CT molecular complexity index is 222. The van der Waals surface area contributed by atoms with Crippen LogP contribution in [0.2, 0.25) is 0 Å². The first-order chi connectivity index (χ1) is 7.72. The van der Waals surface area contributed by atoms with Gasteiger partial charge in [0.2, 0.25) is 0 Å². The van der Waals surface area contributed by atoms with E-state index in [-0.39, 0.29) is 12.1 Å². The van der Waals surface area contributed by atoms with Crippen LogP contribution in [0.15, 0.2) is 0 Å². The first-order valence-electron chi connectivity index (χ1n) is 6.83. The zero-order valence-corrected chi connectivity index (χ0v) is 10.7. The van der Waals surface area contributed by atoms with Crippen molar-refractivity contribution in [3.05, 3.63) is 0 Å². The lowest BCUT2D eigenvalue weighted by Crippen LogP contribution is -2.54. The van der Waals surface area contributed by atoms with Crippen molar-refractivity contribution in [1.82, 2.24) is 4.90 Å². The number of rotatable bonds is 4. The molecule has 0 aromatic heterocycles. The average molecular weight is 226 g/mol. The second kappa shape index (κ2) is 5.48. The summed E-state index contributed by atoms with van der Waals surface area (Å²) in [5.41, 5.74) is 6.31. The monoisotopic (exact) mass is 226 g/mol. The Kier molecular flexibility index (Phi) is 4.22. The van der Waals surface area contributed by atoms with Crippen LogP contribution in [0.1, 0.15) is 39.5 Å². The van der Waals surface area contributed by atoms with Crippen molar-refractivity contribution in [3.8, 4) is 0 Å². The summed E-state index contributed by atoms with van der Waals surface area (Å²) in [6, 6.07) is 0.895. The van der Waals surface area contributed by atoms with Crippen molar-refractivity contribution in [2.45, 2.75) is 57.7 Å². The van der Waals surface area contributed by atoms with Crippen molar-refractivity contribution in [3.63, 3.8) is 0 Å². The van der Waals surface area contributed by atoms with E-state index in [9.17, 15) is 0 Å². The van der Waals surface area contributed by atoms with Crippen molar-refractivity contribution in [2.24, 2.45) is 11.7 Å². The molecule has 0 radical (unpaired) electrons. The van der Waals surface area contributed by atoms with Crippen LogP contribution in [-0.4, -0.2) is 42.8 Å². The van der Waals surface area contributed by atoms with Crippen LogP contribution in [0, 0.1) is 5.92 Å².